The zero-order valence-corrected chi connectivity index (χ0v) is 18.0. The van der Waals surface area contributed by atoms with Crippen molar-refractivity contribution in [3.05, 3.63) is 71.8 Å². The average molecular weight is 425 g/mol. The Morgan fingerprint density at radius 2 is 1.88 bits per heavy atom. The molecule has 6 nitrogen and oxygen atoms in total. The average Bonchev–Trinajstić information content (AvgIpc) is 3.41. The van der Waals surface area contributed by atoms with Gasteiger partial charge in [-0.15, -0.1) is 0 Å². The Kier molecular flexibility index (Phi) is 4.54. The molecule has 1 fully saturated rings. The Morgan fingerprint density at radius 1 is 1.06 bits per heavy atom. The predicted molar refractivity (Wildman–Crippen MR) is 123 cm³/mol. The Labute approximate surface area is 186 Å². The van der Waals surface area contributed by atoms with Crippen LogP contribution in [-0.4, -0.2) is 45.0 Å². The normalized spacial score (nSPS) is 16.7. The number of nitrogens with one attached hydrogen (secondary N) is 1. The van der Waals surface area contributed by atoms with Crippen LogP contribution in [0.15, 0.2) is 55.1 Å². The van der Waals surface area contributed by atoms with Crippen LogP contribution in [0.1, 0.15) is 34.3 Å². The summed E-state index contributed by atoms with van der Waals surface area (Å²) in [6, 6.07) is 10.7. The molecule has 1 N–H and O–H groups in total. The fraction of sp³-hybridized carbons (Fsp3) is 0.269. The van der Waals surface area contributed by atoms with Gasteiger partial charge in [-0.05, 0) is 66.3 Å². The number of hydrogen-bond donors (Lipinski definition) is 1. The molecule has 1 aromatic carbocycles. The number of carbonyl (C=O) groups excluding carboxylic acids is 1. The Morgan fingerprint density at radius 3 is 2.69 bits per heavy atom. The lowest BCUT2D eigenvalue weighted by molar-refractivity contribution is 0.0303. The molecule has 2 aliphatic heterocycles. The lowest BCUT2D eigenvalue weighted by Crippen LogP contribution is -2.39. The highest BCUT2D eigenvalue weighted by Crippen LogP contribution is 2.35. The number of amides is 1. The number of aromatic nitrogens is 3. The van der Waals surface area contributed by atoms with E-state index in [0.29, 0.717) is 6.54 Å². The summed E-state index contributed by atoms with van der Waals surface area (Å²) >= 11 is 0. The molecule has 0 bridgehead atoms. The van der Waals surface area contributed by atoms with Gasteiger partial charge in [-0.3, -0.25) is 9.78 Å². The monoisotopic (exact) mass is 424 g/mol. The SMILES string of the molecule is Cc1cc(-c2cnc3[nH]cc(-c4ccncc4)c3c2)cc2c1C(=O)N(C1CCOCC1)C2. The van der Waals surface area contributed by atoms with E-state index < -0.39 is 0 Å². The van der Waals surface area contributed by atoms with Crippen LogP contribution >= 0.6 is 0 Å². The first-order valence-electron chi connectivity index (χ1n) is 11.1. The van der Waals surface area contributed by atoms with Crippen LogP contribution in [0.2, 0.25) is 0 Å². The number of hydrogen-bond acceptors (Lipinski definition) is 4. The fourth-order valence-corrected chi connectivity index (χ4v) is 5.08. The number of carbonyl (C=O) groups is 1. The molecule has 6 heteroatoms. The number of ether oxygens (including phenoxy) is 1. The summed E-state index contributed by atoms with van der Waals surface area (Å²) < 4.78 is 5.49. The maximum Gasteiger partial charge on any atom is 0.255 e. The van der Waals surface area contributed by atoms with E-state index in [4.69, 9.17) is 4.74 Å². The van der Waals surface area contributed by atoms with Gasteiger partial charge in [-0.1, -0.05) is 6.07 Å². The second kappa shape index (κ2) is 7.57. The minimum atomic E-state index is 0.162. The molecular formula is C26H24N4O2. The third kappa shape index (κ3) is 3.10. The number of benzene rings is 1. The van der Waals surface area contributed by atoms with Gasteiger partial charge in [0.2, 0.25) is 0 Å². The molecular weight excluding hydrogens is 400 g/mol. The summed E-state index contributed by atoms with van der Waals surface area (Å²) in [7, 11) is 0. The van der Waals surface area contributed by atoms with Crippen LogP contribution in [0.25, 0.3) is 33.3 Å². The summed E-state index contributed by atoms with van der Waals surface area (Å²) in [5.74, 6) is 0.162. The van der Waals surface area contributed by atoms with E-state index in [2.05, 4.69) is 33.2 Å². The molecule has 32 heavy (non-hydrogen) atoms. The van der Waals surface area contributed by atoms with Crippen molar-refractivity contribution in [3.8, 4) is 22.3 Å². The van der Waals surface area contributed by atoms with Gasteiger partial charge in [0.15, 0.2) is 0 Å². The number of H-pyrrole nitrogens is 1. The Bertz CT molecular complexity index is 1320. The lowest BCUT2D eigenvalue weighted by Gasteiger charge is -2.30. The van der Waals surface area contributed by atoms with Crippen molar-refractivity contribution >= 4 is 16.9 Å². The van der Waals surface area contributed by atoms with Crippen LogP contribution in [-0.2, 0) is 11.3 Å². The molecule has 0 spiro atoms. The topological polar surface area (TPSA) is 71.1 Å². The summed E-state index contributed by atoms with van der Waals surface area (Å²) in [6.45, 7) is 4.18. The van der Waals surface area contributed by atoms with Gasteiger partial charge in [-0.25, -0.2) is 4.98 Å². The molecule has 0 radical (unpaired) electrons. The lowest BCUT2D eigenvalue weighted by atomic mass is 9.96. The second-order valence-electron chi connectivity index (χ2n) is 8.66. The number of nitrogens with zero attached hydrogens (tertiary/aromatic N) is 3. The molecule has 4 aromatic rings. The molecule has 0 aliphatic carbocycles. The predicted octanol–water partition coefficient (Wildman–Crippen LogP) is 4.74. The zero-order valence-electron chi connectivity index (χ0n) is 18.0. The van der Waals surface area contributed by atoms with Gasteiger partial charge in [0.05, 0.1) is 0 Å². The van der Waals surface area contributed by atoms with E-state index in [1.165, 1.54) is 0 Å². The van der Waals surface area contributed by atoms with Crippen molar-refractivity contribution in [3.63, 3.8) is 0 Å². The molecule has 3 aromatic heterocycles. The summed E-state index contributed by atoms with van der Waals surface area (Å²) in [4.78, 5) is 27.3. The number of rotatable bonds is 3. The molecule has 1 saturated heterocycles. The molecule has 5 heterocycles. The maximum absolute atomic E-state index is 13.2. The highest BCUT2D eigenvalue weighted by atomic mass is 16.5. The maximum atomic E-state index is 13.2. The van der Waals surface area contributed by atoms with Crippen molar-refractivity contribution in [2.45, 2.75) is 32.4 Å². The number of aromatic amines is 1. The van der Waals surface area contributed by atoms with Crippen LogP contribution in [0.3, 0.4) is 0 Å². The van der Waals surface area contributed by atoms with Crippen LogP contribution in [0, 0.1) is 6.92 Å². The van der Waals surface area contributed by atoms with Gasteiger partial charge in [0.1, 0.15) is 5.65 Å². The molecule has 0 unspecified atom stereocenters. The largest absolute Gasteiger partial charge is 0.381 e. The first kappa shape index (κ1) is 19.2. The minimum Gasteiger partial charge on any atom is -0.381 e. The summed E-state index contributed by atoms with van der Waals surface area (Å²) in [6.07, 6.45) is 9.33. The van der Waals surface area contributed by atoms with Crippen molar-refractivity contribution in [2.24, 2.45) is 0 Å². The van der Waals surface area contributed by atoms with Gasteiger partial charge >= 0.3 is 0 Å². The third-order valence-corrected chi connectivity index (χ3v) is 6.72. The van der Waals surface area contributed by atoms with Crippen LogP contribution < -0.4 is 0 Å². The van der Waals surface area contributed by atoms with Crippen molar-refractivity contribution in [1.82, 2.24) is 19.9 Å². The molecule has 0 saturated carbocycles. The number of pyridine rings is 2. The number of fused-ring (bicyclic) bond motifs is 2. The quantitative estimate of drug-likeness (QED) is 0.516. The van der Waals surface area contributed by atoms with Crippen molar-refractivity contribution < 1.29 is 9.53 Å². The standard InChI is InChI=1S/C26H24N4O2/c1-16-10-18(11-20-15-30(26(31)24(16)20)21-4-8-32-9-5-21)19-12-22-23(14-29-25(22)28-13-19)17-2-6-27-7-3-17/h2-3,6-7,10-14,21H,4-5,8-9,15H2,1H3,(H,28,29). The van der Waals surface area contributed by atoms with Crippen molar-refractivity contribution in [2.75, 3.05) is 13.2 Å². The van der Waals surface area contributed by atoms with E-state index in [1.807, 2.05) is 36.4 Å². The molecule has 0 atom stereocenters. The van der Waals surface area contributed by atoms with E-state index in [0.717, 1.165) is 76.0 Å². The smallest absolute Gasteiger partial charge is 0.255 e. The van der Waals surface area contributed by atoms with Gasteiger partial charge in [-0.2, -0.15) is 0 Å². The van der Waals surface area contributed by atoms with Gasteiger partial charge < -0.3 is 14.6 Å². The molecule has 2 aliphatic rings. The molecule has 160 valence electrons. The highest BCUT2D eigenvalue weighted by Gasteiger charge is 2.34. The summed E-state index contributed by atoms with van der Waals surface area (Å²) in [5, 5.41) is 1.08. The van der Waals surface area contributed by atoms with Crippen LogP contribution in [0.5, 0.6) is 0 Å². The highest BCUT2D eigenvalue weighted by molar-refractivity contribution is 6.01. The molecule has 1 amide bonds. The van der Waals surface area contributed by atoms with Crippen LogP contribution in [0.4, 0.5) is 0 Å². The second-order valence-corrected chi connectivity index (χ2v) is 8.66. The number of aryl methyl sites for hydroxylation is 1. The van der Waals surface area contributed by atoms with Gasteiger partial charge in [0.25, 0.3) is 5.91 Å². The fourth-order valence-electron chi connectivity index (χ4n) is 5.08. The minimum absolute atomic E-state index is 0.162. The van der Waals surface area contributed by atoms with Gasteiger partial charge in [0, 0.05) is 72.7 Å². The summed E-state index contributed by atoms with van der Waals surface area (Å²) in [5.41, 5.74) is 8.23. The first-order chi connectivity index (χ1) is 15.7. The zero-order chi connectivity index (χ0) is 21.7. The van der Waals surface area contributed by atoms with E-state index in [-0.39, 0.29) is 11.9 Å². The van der Waals surface area contributed by atoms with Crippen molar-refractivity contribution in [1.29, 1.82) is 0 Å². The van der Waals surface area contributed by atoms with E-state index in [9.17, 15) is 4.79 Å². The van der Waals surface area contributed by atoms with E-state index in [1.54, 1.807) is 12.4 Å². The third-order valence-electron chi connectivity index (χ3n) is 6.72. The first-order valence-corrected chi connectivity index (χ1v) is 11.1. The molecule has 6 rings (SSSR count). The van der Waals surface area contributed by atoms with E-state index >= 15 is 0 Å². The Hall–Kier alpha value is -3.51. The Balaban J connectivity index is 1.39.